The molecule has 2 aromatic carbocycles. The quantitative estimate of drug-likeness (QED) is 0.678. The van der Waals surface area contributed by atoms with Crippen molar-refractivity contribution in [1.29, 1.82) is 0 Å². The molecule has 0 aliphatic carbocycles. The Balaban J connectivity index is 2.18. The molecule has 158 valence electrons. The third-order valence-corrected chi connectivity index (χ3v) is 5.91. The normalized spacial score (nSPS) is 12.6. The number of nitrogens with one attached hydrogen (secondary N) is 2. The van der Waals surface area contributed by atoms with Gasteiger partial charge in [0, 0.05) is 16.9 Å². The minimum absolute atomic E-state index is 0.00980. The number of hydrogen-bond acceptors (Lipinski definition) is 3. The van der Waals surface area contributed by atoms with Gasteiger partial charge in [0.1, 0.15) is 17.2 Å². The maximum Gasteiger partial charge on any atom is 0.422 e. The first-order valence-corrected chi connectivity index (χ1v) is 9.60. The number of halogens is 5. The van der Waals surface area contributed by atoms with Gasteiger partial charge < -0.3 is 5.32 Å². The number of sulfonamides is 1. The van der Waals surface area contributed by atoms with E-state index in [0.29, 0.717) is 12.1 Å². The van der Waals surface area contributed by atoms with Gasteiger partial charge in [-0.1, -0.05) is 0 Å². The molecule has 0 radical (unpaired) electrons. The van der Waals surface area contributed by atoms with Crippen molar-refractivity contribution in [3.05, 3.63) is 59.2 Å². The fourth-order valence-electron chi connectivity index (χ4n) is 2.12. The van der Waals surface area contributed by atoms with Crippen LogP contribution in [-0.2, 0) is 16.2 Å². The van der Waals surface area contributed by atoms with Crippen molar-refractivity contribution in [2.24, 2.45) is 0 Å². The monoisotopic (exact) mass is 436 g/mol. The lowest BCUT2D eigenvalue weighted by Gasteiger charge is -2.20. The van der Waals surface area contributed by atoms with Gasteiger partial charge >= 0.3 is 6.18 Å². The lowest BCUT2D eigenvalue weighted by Crippen LogP contribution is -2.33. The van der Waals surface area contributed by atoms with E-state index in [-0.39, 0.29) is 11.3 Å². The highest BCUT2D eigenvalue weighted by Gasteiger charge is 2.38. The van der Waals surface area contributed by atoms with Gasteiger partial charge in [0.25, 0.3) is 5.91 Å². The number of rotatable bonds is 4. The Kier molecular flexibility index (Phi) is 5.94. The Hall–Kier alpha value is -2.69. The minimum Gasteiger partial charge on any atom is -0.322 e. The van der Waals surface area contributed by atoms with Crippen molar-refractivity contribution in [3.8, 4) is 0 Å². The smallest absolute Gasteiger partial charge is 0.322 e. The molecule has 11 heteroatoms. The van der Waals surface area contributed by atoms with Crippen LogP contribution in [0.15, 0.2) is 36.4 Å². The zero-order valence-electron chi connectivity index (χ0n) is 15.5. The van der Waals surface area contributed by atoms with Crippen LogP contribution < -0.4 is 10.0 Å². The van der Waals surface area contributed by atoms with Crippen molar-refractivity contribution < 1.29 is 35.2 Å². The Bertz CT molecular complexity index is 1000. The zero-order chi connectivity index (χ0) is 22.2. The third-order valence-electron chi connectivity index (χ3n) is 3.79. The van der Waals surface area contributed by atoms with Crippen molar-refractivity contribution >= 4 is 27.3 Å². The van der Waals surface area contributed by atoms with Crippen molar-refractivity contribution in [3.63, 3.8) is 0 Å². The first kappa shape index (κ1) is 22.6. The van der Waals surface area contributed by atoms with Gasteiger partial charge in [0.05, 0.1) is 4.75 Å². The summed E-state index contributed by atoms with van der Waals surface area (Å²) in [4.78, 5) is 12.2. The van der Waals surface area contributed by atoms with E-state index in [1.165, 1.54) is 45.0 Å². The van der Waals surface area contributed by atoms with Crippen LogP contribution in [-0.4, -0.2) is 19.1 Å². The average molecular weight is 436 g/mol. The Morgan fingerprint density at radius 1 is 0.897 bits per heavy atom. The van der Waals surface area contributed by atoms with Crippen LogP contribution in [0.4, 0.5) is 33.3 Å². The van der Waals surface area contributed by atoms with Gasteiger partial charge in [-0.05, 0) is 57.2 Å². The summed E-state index contributed by atoms with van der Waals surface area (Å²) in [5, 5.41) is 2.09. The number of carbonyl (C=O) groups is 1. The summed E-state index contributed by atoms with van der Waals surface area (Å²) in [5.41, 5.74) is -2.38. The van der Waals surface area contributed by atoms with E-state index in [1.54, 1.807) is 0 Å². The molecule has 29 heavy (non-hydrogen) atoms. The second-order valence-electron chi connectivity index (χ2n) is 7.06. The molecule has 0 aliphatic heterocycles. The average Bonchev–Trinajstić information content (AvgIpc) is 2.51. The van der Waals surface area contributed by atoms with E-state index < -0.39 is 49.7 Å². The molecule has 0 spiro atoms. The molecule has 5 nitrogen and oxygen atoms in total. The van der Waals surface area contributed by atoms with E-state index in [0.717, 1.165) is 0 Å². The first-order chi connectivity index (χ1) is 13.1. The molecule has 0 saturated heterocycles. The highest BCUT2D eigenvalue weighted by atomic mass is 32.2. The molecule has 0 saturated carbocycles. The molecular weight excluding hydrogens is 419 g/mol. The summed E-state index contributed by atoms with van der Waals surface area (Å²) in [5.74, 6) is -4.58. The molecule has 0 bridgehead atoms. The predicted octanol–water partition coefficient (Wildman–Crippen LogP) is 4.78. The van der Waals surface area contributed by atoms with Gasteiger partial charge in [0.2, 0.25) is 10.0 Å². The first-order valence-electron chi connectivity index (χ1n) is 8.12. The molecule has 2 rings (SSSR count). The fraction of sp³-hybridized carbons (Fsp3) is 0.278. The van der Waals surface area contributed by atoms with Crippen molar-refractivity contribution in [2.45, 2.75) is 31.7 Å². The highest BCUT2D eigenvalue weighted by molar-refractivity contribution is 7.94. The zero-order valence-corrected chi connectivity index (χ0v) is 16.3. The Labute approximate surface area is 164 Å². The van der Waals surface area contributed by atoms with Crippen LogP contribution in [0.2, 0.25) is 0 Å². The summed E-state index contributed by atoms with van der Waals surface area (Å²) >= 11 is 0. The van der Waals surface area contributed by atoms with Crippen molar-refractivity contribution in [2.75, 3.05) is 10.0 Å². The lowest BCUT2D eigenvalue weighted by molar-refractivity contribution is -0.142. The molecule has 0 atom stereocenters. The summed E-state index contributed by atoms with van der Waals surface area (Å²) in [6.45, 7) is 4.50. The molecule has 1 amide bonds. The summed E-state index contributed by atoms with van der Waals surface area (Å²) in [6.07, 6.45) is -5.22. The van der Waals surface area contributed by atoms with Crippen molar-refractivity contribution in [1.82, 2.24) is 0 Å². The fourth-order valence-corrected chi connectivity index (χ4v) is 2.87. The van der Waals surface area contributed by atoms with Crippen LogP contribution in [0.25, 0.3) is 0 Å². The second kappa shape index (κ2) is 7.62. The largest absolute Gasteiger partial charge is 0.422 e. The number of benzene rings is 2. The second-order valence-corrected chi connectivity index (χ2v) is 9.50. The maximum absolute atomic E-state index is 13.6. The van der Waals surface area contributed by atoms with E-state index >= 15 is 0 Å². The van der Waals surface area contributed by atoms with E-state index in [2.05, 4.69) is 10.0 Å². The molecule has 0 unspecified atom stereocenters. The maximum atomic E-state index is 13.6. The topological polar surface area (TPSA) is 75.3 Å². The predicted molar refractivity (Wildman–Crippen MR) is 98.1 cm³/mol. The summed E-state index contributed by atoms with van der Waals surface area (Å²) in [6, 6.07) is 5.79. The van der Waals surface area contributed by atoms with E-state index in [9.17, 15) is 35.2 Å². The number of amides is 1. The Morgan fingerprint density at radius 2 is 1.38 bits per heavy atom. The third kappa shape index (κ3) is 5.22. The van der Waals surface area contributed by atoms with Gasteiger partial charge in [-0.15, -0.1) is 0 Å². The molecule has 0 heterocycles. The van der Waals surface area contributed by atoms with Gasteiger partial charge in [-0.3, -0.25) is 9.52 Å². The number of anilines is 2. The molecular formula is C18H17F5N2O3S. The van der Waals surface area contributed by atoms with Gasteiger partial charge in [0.15, 0.2) is 0 Å². The summed E-state index contributed by atoms with van der Waals surface area (Å²) < 4.78 is 90.4. The standard InChI is InChI=1S/C18H17F5N2O3S/c1-17(2,3)29(27,28)25-11-6-4-10(5-7-11)16(26)24-12-8-13(19)15(14(20)9-12)18(21,22)23/h4-9,25H,1-3H3,(H,24,26). The SMILES string of the molecule is CC(C)(C)S(=O)(=O)Nc1ccc(C(=O)Nc2cc(F)c(C(F)(F)F)c(F)c2)cc1. The summed E-state index contributed by atoms with van der Waals surface area (Å²) in [7, 11) is -3.68. The molecule has 0 fully saturated rings. The number of hydrogen-bond donors (Lipinski definition) is 2. The molecule has 2 N–H and O–H groups in total. The Morgan fingerprint density at radius 3 is 1.79 bits per heavy atom. The van der Waals surface area contributed by atoms with Crippen LogP contribution in [0.3, 0.4) is 0 Å². The van der Waals surface area contributed by atoms with Gasteiger partial charge in [-0.2, -0.15) is 13.2 Å². The number of carbonyl (C=O) groups excluding carboxylic acids is 1. The minimum atomic E-state index is -5.22. The number of alkyl halides is 3. The van der Waals surface area contributed by atoms with Gasteiger partial charge in [-0.25, -0.2) is 17.2 Å². The van der Waals surface area contributed by atoms with E-state index in [4.69, 9.17) is 0 Å². The molecule has 0 aromatic heterocycles. The lowest BCUT2D eigenvalue weighted by atomic mass is 10.1. The molecule has 2 aromatic rings. The van der Waals surface area contributed by atoms with E-state index in [1.807, 2.05) is 0 Å². The van der Waals surface area contributed by atoms with Crippen LogP contribution in [0.5, 0.6) is 0 Å². The van der Waals surface area contributed by atoms with Crippen LogP contribution >= 0.6 is 0 Å². The highest BCUT2D eigenvalue weighted by Crippen LogP contribution is 2.35. The van der Waals surface area contributed by atoms with Crippen LogP contribution in [0.1, 0.15) is 36.7 Å². The molecule has 0 aliphatic rings. The van der Waals surface area contributed by atoms with Crippen LogP contribution in [0, 0.1) is 11.6 Å².